The fraction of sp³-hybridized carbons (Fsp3) is 0.300. The van der Waals surface area contributed by atoms with Crippen LogP contribution in [0.2, 0.25) is 0 Å². The third-order valence-electron chi connectivity index (χ3n) is 1.96. The minimum Gasteiger partial charge on any atom is -0.481 e. The molecule has 90 valence electrons. The number of rotatable bonds is 5. The summed E-state index contributed by atoms with van der Waals surface area (Å²) in [7, 11) is 1.59. The summed E-state index contributed by atoms with van der Waals surface area (Å²) < 4.78 is 10.3. The van der Waals surface area contributed by atoms with Crippen molar-refractivity contribution in [2.75, 3.05) is 7.11 Å². The molecule has 0 unspecified atom stereocenters. The largest absolute Gasteiger partial charge is 0.481 e. The van der Waals surface area contributed by atoms with Gasteiger partial charge in [0.25, 0.3) is 5.22 Å². The lowest BCUT2D eigenvalue weighted by atomic mass is 10.4. The molecule has 2 aromatic rings. The van der Waals surface area contributed by atoms with Gasteiger partial charge in [-0.3, -0.25) is 0 Å². The van der Waals surface area contributed by atoms with E-state index in [0.717, 1.165) is 5.69 Å². The van der Waals surface area contributed by atoms with Crippen molar-refractivity contribution < 1.29 is 9.15 Å². The first-order valence-corrected chi connectivity index (χ1v) is 5.95. The Kier molecular flexibility index (Phi) is 3.94. The van der Waals surface area contributed by atoms with Crippen molar-refractivity contribution in [2.24, 2.45) is 5.73 Å². The minimum absolute atomic E-state index is 0.255. The number of hydrogen-bond donors (Lipinski definition) is 1. The highest BCUT2D eigenvalue weighted by atomic mass is 32.2. The van der Waals surface area contributed by atoms with Crippen molar-refractivity contribution in [2.45, 2.75) is 17.5 Å². The van der Waals surface area contributed by atoms with Crippen molar-refractivity contribution >= 4 is 11.8 Å². The predicted molar refractivity (Wildman–Crippen MR) is 62.5 cm³/mol. The number of hydrogen-bond acceptors (Lipinski definition) is 7. The maximum Gasteiger partial charge on any atom is 0.277 e. The highest BCUT2D eigenvalue weighted by molar-refractivity contribution is 7.98. The predicted octanol–water partition coefficient (Wildman–Crippen LogP) is 1.22. The summed E-state index contributed by atoms with van der Waals surface area (Å²) >= 11 is 1.42. The molecule has 2 aromatic heterocycles. The van der Waals surface area contributed by atoms with Crippen LogP contribution in [-0.2, 0) is 12.3 Å². The van der Waals surface area contributed by atoms with Gasteiger partial charge in [-0.25, -0.2) is 4.98 Å². The third-order valence-corrected chi connectivity index (χ3v) is 2.81. The monoisotopic (exact) mass is 252 g/mol. The number of pyridine rings is 1. The lowest BCUT2D eigenvalue weighted by Gasteiger charge is -2.01. The highest BCUT2D eigenvalue weighted by Gasteiger charge is 2.06. The van der Waals surface area contributed by atoms with Crippen molar-refractivity contribution in [1.82, 2.24) is 15.2 Å². The molecule has 0 amide bonds. The Morgan fingerprint density at radius 3 is 3.00 bits per heavy atom. The molecule has 0 spiro atoms. The van der Waals surface area contributed by atoms with Gasteiger partial charge < -0.3 is 14.9 Å². The van der Waals surface area contributed by atoms with E-state index in [2.05, 4.69) is 15.2 Å². The van der Waals surface area contributed by atoms with Gasteiger partial charge in [0.2, 0.25) is 11.8 Å². The number of nitrogens with zero attached hydrogens (tertiary/aromatic N) is 3. The molecular weight excluding hydrogens is 240 g/mol. The molecule has 0 atom stereocenters. The van der Waals surface area contributed by atoms with Crippen LogP contribution in [0.3, 0.4) is 0 Å². The zero-order chi connectivity index (χ0) is 12.1. The first-order chi connectivity index (χ1) is 8.31. The van der Waals surface area contributed by atoms with Crippen molar-refractivity contribution in [3.8, 4) is 5.88 Å². The molecule has 2 heterocycles. The van der Waals surface area contributed by atoms with Crippen LogP contribution in [-0.4, -0.2) is 22.3 Å². The maximum absolute atomic E-state index is 5.37. The number of ether oxygens (including phenoxy) is 1. The zero-order valence-corrected chi connectivity index (χ0v) is 10.1. The van der Waals surface area contributed by atoms with Gasteiger partial charge in [0.1, 0.15) is 0 Å². The summed E-state index contributed by atoms with van der Waals surface area (Å²) in [5, 5.41) is 8.12. The molecule has 6 nitrogen and oxygen atoms in total. The number of thioether (sulfide) groups is 1. The summed E-state index contributed by atoms with van der Waals surface area (Å²) in [5.41, 5.74) is 6.26. The molecule has 0 fully saturated rings. The summed E-state index contributed by atoms with van der Waals surface area (Å²) in [5.74, 6) is 1.67. The second-order valence-electron chi connectivity index (χ2n) is 3.13. The van der Waals surface area contributed by atoms with Crippen molar-refractivity contribution in [3.63, 3.8) is 0 Å². The number of methoxy groups -OCH3 is 1. The van der Waals surface area contributed by atoms with Crippen LogP contribution < -0.4 is 10.5 Å². The average Bonchev–Trinajstić information content (AvgIpc) is 2.84. The molecule has 2 N–H and O–H groups in total. The fourth-order valence-electron chi connectivity index (χ4n) is 1.17. The topological polar surface area (TPSA) is 87.1 Å². The van der Waals surface area contributed by atoms with Gasteiger partial charge in [0.05, 0.1) is 19.3 Å². The molecule has 0 aliphatic carbocycles. The van der Waals surface area contributed by atoms with E-state index in [0.29, 0.717) is 22.7 Å². The van der Waals surface area contributed by atoms with Crippen LogP contribution in [0, 0.1) is 0 Å². The quantitative estimate of drug-likeness (QED) is 0.800. The van der Waals surface area contributed by atoms with Crippen LogP contribution in [0.4, 0.5) is 0 Å². The standard InChI is InChI=1S/C10H12N4O2S/c1-15-8-4-2-3-7(12-8)6-17-10-14-13-9(5-11)16-10/h2-4H,5-6,11H2,1H3. The maximum atomic E-state index is 5.37. The van der Waals surface area contributed by atoms with Crippen LogP contribution in [0.25, 0.3) is 0 Å². The first kappa shape index (κ1) is 11.9. The Balaban J connectivity index is 1.96. The molecule has 0 aliphatic heterocycles. The van der Waals surface area contributed by atoms with E-state index in [-0.39, 0.29) is 6.54 Å². The van der Waals surface area contributed by atoms with Gasteiger partial charge in [-0.2, -0.15) is 0 Å². The van der Waals surface area contributed by atoms with E-state index in [1.165, 1.54) is 11.8 Å². The summed E-state index contributed by atoms with van der Waals surface area (Å²) in [4.78, 5) is 4.28. The Morgan fingerprint density at radius 2 is 2.29 bits per heavy atom. The number of aromatic nitrogens is 3. The van der Waals surface area contributed by atoms with E-state index in [1.807, 2.05) is 12.1 Å². The average molecular weight is 252 g/mol. The molecule has 0 aromatic carbocycles. The van der Waals surface area contributed by atoms with Crippen LogP contribution >= 0.6 is 11.8 Å². The Labute approximate surface area is 103 Å². The van der Waals surface area contributed by atoms with Gasteiger partial charge in [-0.05, 0) is 6.07 Å². The molecule has 2 rings (SSSR count). The summed E-state index contributed by atoms with van der Waals surface area (Å²) in [6.07, 6.45) is 0. The lowest BCUT2D eigenvalue weighted by molar-refractivity contribution is 0.396. The second-order valence-corrected chi connectivity index (χ2v) is 4.05. The molecule has 0 aliphatic rings. The molecule has 0 saturated heterocycles. The van der Waals surface area contributed by atoms with Crippen LogP contribution in [0.15, 0.2) is 27.8 Å². The number of nitrogens with two attached hydrogens (primary N) is 1. The highest BCUT2D eigenvalue weighted by Crippen LogP contribution is 2.21. The minimum atomic E-state index is 0.255. The second kappa shape index (κ2) is 5.65. The Hall–Kier alpha value is -1.60. The Bertz CT molecular complexity index is 489. The first-order valence-electron chi connectivity index (χ1n) is 4.97. The van der Waals surface area contributed by atoms with Gasteiger partial charge in [0, 0.05) is 11.8 Å². The van der Waals surface area contributed by atoms with Gasteiger partial charge >= 0.3 is 0 Å². The molecule has 0 radical (unpaired) electrons. The zero-order valence-electron chi connectivity index (χ0n) is 9.29. The SMILES string of the molecule is COc1cccc(CSc2nnc(CN)o2)n1. The summed E-state index contributed by atoms with van der Waals surface area (Å²) in [6, 6.07) is 5.60. The van der Waals surface area contributed by atoms with E-state index in [1.54, 1.807) is 13.2 Å². The normalized spacial score (nSPS) is 10.5. The van der Waals surface area contributed by atoms with E-state index in [9.17, 15) is 0 Å². The molecule has 0 saturated carbocycles. The van der Waals surface area contributed by atoms with E-state index >= 15 is 0 Å². The van der Waals surface area contributed by atoms with E-state index < -0.39 is 0 Å². The van der Waals surface area contributed by atoms with Gasteiger partial charge in [-0.15, -0.1) is 10.2 Å². The summed E-state index contributed by atoms with van der Waals surface area (Å²) in [6.45, 7) is 0.255. The molecule has 17 heavy (non-hydrogen) atoms. The van der Waals surface area contributed by atoms with Crippen molar-refractivity contribution in [1.29, 1.82) is 0 Å². The lowest BCUT2D eigenvalue weighted by Crippen LogP contribution is -1.95. The fourth-order valence-corrected chi connectivity index (χ4v) is 1.85. The van der Waals surface area contributed by atoms with Crippen LogP contribution in [0.1, 0.15) is 11.6 Å². The smallest absolute Gasteiger partial charge is 0.277 e. The van der Waals surface area contributed by atoms with Crippen LogP contribution in [0.5, 0.6) is 5.88 Å². The molecule has 7 heteroatoms. The van der Waals surface area contributed by atoms with Gasteiger partial charge in [0.15, 0.2) is 0 Å². The Morgan fingerprint density at radius 1 is 1.41 bits per heavy atom. The molecule has 0 bridgehead atoms. The third kappa shape index (κ3) is 3.18. The van der Waals surface area contributed by atoms with E-state index in [4.69, 9.17) is 14.9 Å². The van der Waals surface area contributed by atoms with Gasteiger partial charge in [-0.1, -0.05) is 17.8 Å². The molecular formula is C10H12N4O2S. The van der Waals surface area contributed by atoms with Crippen molar-refractivity contribution in [3.05, 3.63) is 29.8 Å².